The molecule has 0 aliphatic rings. The molecule has 0 fully saturated rings. The van der Waals surface area contributed by atoms with Crippen LogP contribution in [0.15, 0.2) is 53.0 Å². The molecule has 0 saturated heterocycles. The SMILES string of the molecule is CC(OCn1nc(-c2cccc(-c3ccccc3Br)c2)nc1C(N)=O)[Si](C)(C)C. The molecule has 1 atom stereocenters. The van der Waals surface area contributed by atoms with E-state index < -0.39 is 14.0 Å². The Balaban J connectivity index is 1.93. The first-order valence-corrected chi connectivity index (χ1v) is 13.8. The van der Waals surface area contributed by atoms with Crippen LogP contribution in [0.3, 0.4) is 0 Å². The molecular formula is C21H25BrN4O2Si. The van der Waals surface area contributed by atoms with E-state index in [0.29, 0.717) is 5.82 Å². The van der Waals surface area contributed by atoms with Gasteiger partial charge in [0.2, 0.25) is 5.82 Å². The van der Waals surface area contributed by atoms with Gasteiger partial charge in [0.15, 0.2) is 5.82 Å². The summed E-state index contributed by atoms with van der Waals surface area (Å²) in [6.45, 7) is 8.88. The number of nitrogens with zero attached hydrogens (tertiary/aromatic N) is 3. The lowest BCUT2D eigenvalue weighted by Gasteiger charge is -2.25. The van der Waals surface area contributed by atoms with Gasteiger partial charge in [0, 0.05) is 15.8 Å². The first kappa shape index (κ1) is 21.4. The van der Waals surface area contributed by atoms with Crippen LogP contribution in [0, 0.1) is 0 Å². The Labute approximate surface area is 180 Å². The second kappa shape index (κ2) is 8.60. The van der Waals surface area contributed by atoms with Crippen LogP contribution in [0.5, 0.6) is 0 Å². The summed E-state index contributed by atoms with van der Waals surface area (Å²) in [5.74, 6) is -0.0963. The fourth-order valence-corrected chi connectivity index (χ4v) is 3.78. The molecule has 2 N–H and O–H groups in total. The van der Waals surface area contributed by atoms with Gasteiger partial charge in [0.1, 0.15) is 6.73 Å². The standard InChI is InChI=1S/C21H25BrN4O2Si/c1-14(29(2,3)4)28-13-26-21(19(23)27)24-20(25-26)16-9-7-8-15(12-16)17-10-5-6-11-18(17)22/h5-12,14H,13H2,1-4H3,(H2,23,27). The largest absolute Gasteiger partial charge is 0.363 e. The summed E-state index contributed by atoms with van der Waals surface area (Å²) in [7, 11) is -1.47. The molecule has 29 heavy (non-hydrogen) atoms. The summed E-state index contributed by atoms with van der Waals surface area (Å²) in [6.07, 6.45) is 0. The summed E-state index contributed by atoms with van der Waals surface area (Å²) in [6, 6.07) is 15.9. The van der Waals surface area contributed by atoms with E-state index in [-0.39, 0.29) is 18.3 Å². The number of nitrogens with two attached hydrogens (primary N) is 1. The molecule has 0 aliphatic carbocycles. The van der Waals surface area contributed by atoms with Crippen molar-refractivity contribution in [1.82, 2.24) is 14.8 Å². The highest BCUT2D eigenvalue weighted by atomic mass is 79.9. The second-order valence-corrected chi connectivity index (χ2v) is 14.4. The molecule has 0 spiro atoms. The molecule has 3 aromatic rings. The lowest BCUT2D eigenvalue weighted by Crippen LogP contribution is -2.38. The molecule has 0 radical (unpaired) electrons. The van der Waals surface area contributed by atoms with Crippen LogP contribution < -0.4 is 5.73 Å². The van der Waals surface area contributed by atoms with Crippen LogP contribution in [-0.4, -0.2) is 34.5 Å². The first-order valence-electron chi connectivity index (χ1n) is 9.38. The molecule has 6 nitrogen and oxygen atoms in total. The topological polar surface area (TPSA) is 83.0 Å². The molecule has 8 heteroatoms. The van der Waals surface area contributed by atoms with Crippen molar-refractivity contribution in [2.75, 3.05) is 0 Å². The van der Waals surface area contributed by atoms with Crippen molar-refractivity contribution in [2.24, 2.45) is 5.73 Å². The minimum Gasteiger partial charge on any atom is -0.363 e. The van der Waals surface area contributed by atoms with Gasteiger partial charge in [0.25, 0.3) is 5.91 Å². The van der Waals surface area contributed by atoms with E-state index in [9.17, 15) is 4.79 Å². The number of primary amides is 1. The van der Waals surface area contributed by atoms with Gasteiger partial charge in [-0.3, -0.25) is 4.79 Å². The number of halogens is 1. The van der Waals surface area contributed by atoms with E-state index in [1.165, 1.54) is 4.68 Å². The normalized spacial score (nSPS) is 12.7. The number of hydrogen-bond acceptors (Lipinski definition) is 4. The van der Waals surface area contributed by atoms with Crippen molar-refractivity contribution < 1.29 is 9.53 Å². The van der Waals surface area contributed by atoms with Crippen LogP contribution in [0.25, 0.3) is 22.5 Å². The van der Waals surface area contributed by atoms with E-state index in [0.717, 1.165) is 21.2 Å². The Morgan fingerprint density at radius 2 is 1.86 bits per heavy atom. The number of hydrogen-bond donors (Lipinski definition) is 1. The molecule has 1 amide bonds. The second-order valence-electron chi connectivity index (χ2n) is 7.99. The lowest BCUT2D eigenvalue weighted by molar-refractivity contribution is 0.0464. The zero-order valence-corrected chi connectivity index (χ0v) is 19.6. The van der Waals surface area contributed by atoms with E-state index >= 15 is 0 Å². The zero-order chi connectivity index (χ0) is 21.2. The maximum Gasteiger partial charge on any atom is 0.286 e. The summed E-state index contributed by atoms with van der Waals surface area (Å²) in [5, 5.41) is 4.50. The van der Waals surface area contributed by atoms with Crippen molar-refractivity contribution in [2.45, 2.75) is 39.0 Å². The first-order chi connectivity index (χ1) is 13.7. The summed E-state index contributed by atoms with van der Waals surface area (Å²) in [4.78, 5) is 16.3. The third-order valence-electron chi connectivity index (χ3n) is 4.86. The number of aromatic nitrogens is 3. The molecule has 0 aliphatic heterocycles. The molecule has 1 aromatic heterocycles. The highest BCUT2D eigenvalue weighted by molar-refractivity contribution is 9.10. The van der Waals surface area contributed by atoms with E-state index in [1.807, 2.05) is 48.5 Å². The van der Waals surface area contributed by atoms with Crippen molar-refractivity contribution in [3.8, 4) is 22.5 Å². The minimum atomic E-state index is -1.47. The van der Waals surface area contributed by atoms with Crippen molar-refractivity contribution >= 4 is 29.9 Å². The molecule has 1 unspecified atom stereocenters. The average molecular weight is 473 g/mol. The van der Waals surface area contributed by atoms with E-state index in [1.54, 1.807) is 0 Å². The van der Waals surface area contributed by atoms with Crippen LogP contribution >= 0.6 is 15.9 Å². The molecule has 0 saturated carbocycles. The third kappa shape index (κ3) is 5.01. The van der Waals surface area contributed by atoms with Gasteiger partial charge in [-0.25, -0.2) is 9.67 Å². The highest BCUT2D eigenvalue weighted by Crippen LogP contribution is 2.30. The van der Waals surface area contributed by atoms with Gasteiger partial charge in [-0.2, -0.15) is 0 Å². The van der Waals surface area contributed by atoms with E-state index in [2.05, 4.69) is 52.6 Å². The maximum atomic E-state index is 11.9. The summed E-state index contributed by atoms with van der Waals surface area (Å²) < 4.78 is 8.40. The predicted octanol–water partition coefficient (Wildman–Crippen LogP) is 4.71. The fraction of sp³-hybridized carbons (Fsp3) is 0.286. The number of ether oxygens (including phenoxy) is 1. The van der Waals surface area contributed by atoms with Gasteiger partial charge < -0.3 is 10.5 Å². The maximum absolute atomic E-state index is 11.9. The van der Waals surface area contributed by atoms with Gasteiger partial charge in [-0.15, -0.1) is 5.10 Å². The lowest BCUT2D eigenvalue weighted by atomic mass is 10.0. The Morgan fingerprint density at radius 1 is 1.17 bits per heavy atom. The highest BCUT2D eigenvalue weighted by Gasteiger charge is 2.24. The van der Waals surface area contributed by atoms with Crippen LogP contribution in [-0.2, 0) is 11.5 Å². The third-order valence-corrected chi connectivity index (χ3v) is 8.16. The van der Waals surface area contributed by atoms with Crippen molar-refractivity contribution in [3.05, 3.63) is 58.8 Å². The number of rotatable bonds is 7. The molecule has 1 heterocycles. The average Bonchev–Trinajstić information content (AvgIpc) is 3.10. The minimum absolute atomic E-state index is 0.0917. The molecule has 2 aromatic carbocycles. The number of amides is 1. The van der Waals surface area contributed by atoms with E-state index in [4.69, 9.17) is 10.5 Å². The molecule has 152 valence electrons. The monoisotopic (exact) mass is 472 g/mol. The van der Waals surface area contributed by atoms with Crippen LogP contribution in [0.1, 0.15) is 17.5 Å². The van der Waals surface area contributed by atoms with Crippen LogP contribution in [0.2, 0.25) is 19.6 Å². The zero-order valence-electron chi connectivity index (χ0n) is 17.0. The predicted molar refractivity (Wildman–Crippen MR) is 121 cm³/mol. The molecular weight excluding hydrogens is 448 g/mol. The smallest absolute Gasteiger partial charge is 0.286 e. The Morgan fingerprint density at radius 3 is 2.52 bits per heavy atom. The van der Waals surface area contributed by atoms with Gasteiger partial charge in [-0.05, 0) is 30.2 Å². The van der Waals surface area contributed by atoms with Crippen LogP contribution in [0.4, 0.5) is 0 Å². The summed E-state index contributed by atoms with van der Waals surface area (Å²) >= 11 is 3.59. The number of carbonyl (C=O) groups excluding carboxylic acids is 1. The Hall–Kier alpha value is -2.29. The number of carbonyl (C=O) groups is 1. The molecule has 3 rings (SSSR count). The Kier molecular flexibility index (Phi) is 6.35. The van der Waals surface area contributed by atoms with Crippen molar-refractivity contribution in [1.29, 1.82) is 0 Å². The van der Waals surface area contributed by atoms with Gasteiger partial charge in [-0.1, -0.05) is 72.0 Å². The fourth-order valence-electron chi connectivity index (χ4n) is 2.69. The quantitative estimate of drug-likeness (QED) is 0.504. The number of benzene rings is 2. The van der Waals surface area contributed by atoms with Crippen molar-refractivity contribution in [3.63, 3.8) is 0 Å². The Bertz CT molecular complexity index is 1030. The van der Waals surface area contributed by atoms with Gasteiger partial charge >= 0.3 is 0 Å². The molecule has 0 bridgehead atoms. The summed E-state index contributed by atoms with van der Waals surface area (Å²) in [5.41, 5.74) is 8.52. The van der Waals surface area contributed by atoms with Gasteiger partial charge in [0.05, 0.1) is 8.07 Å².